The number of carboxylic acids is 1. The van der Waals surface area contributed by atoms with Gasteiger partial charge in [0, 0.05) is 12.3 Å². The van der Waals surface area contributed by atoms with Crippen LogP contribution in [0.4, 0.5) is 0 Å². The van der Waals surface area contributed by atoms with Gasteiger partial charge in [-0.2, -0.15) is 12.6 Å². The molecule has 0 radical (unpaired) electrons. The minimum Gasteiger partial charge on any atom is -0.508 e. The van der Waals surface area contributed by atoms with Crippen LogP contribution >= 0.6 is 12.6 Å². The summed E-state index contributed by atoms with van der Waals surface area (Å²) in [6.07, 6.45) is 0.870. The number of nitrogens with two attached hydrogens (primary N) is 3. The van der Waals surface area contributed by atoms with E-state index in [9.17, 15) is 29.4 Å². The van der Waals surface area contributed by atoms with E-state index in [1.807, 2.05) is 13.8 Å². The van der Waals surface area contributed by atoms with Gasteiger partial charge in [0.15, 0.2) is 5.96 Å². The first-order valence-electron chi connectivity index (χ1n) is 12.2. The Bertz CT molecular complexity index is 970. The molecule has 0 saturated heterocycles. The van der Waals surface area contributed by atoms with E-state index in [2.05, 4.69) is 33.6 Å². The number of hydrogen-bond acceptors (Lipinski definition) is 8. The molecular weight excluding hydrogens is 514 g/mol. The third-order valence-electron chi connectivity index (χ3n) is 5.44. The number of aliphatic carboxylic acids is 1. The molecule has 4 unspecified atom stereocenters. The number of rotatable bonds is 16. The van der Waals surface area contributed by atoms with Crippen LogP contribution in [0, 0.1) is 5.92 Å². The summed E-state index contributed by atoms with van der Waals surface area (Å²) in [6.45, 7) is 3.90. The van der Waals surface area contributed by atoms with Crippen molar-refractivity contribution in [2.24, 2.45) is 28.1 Å². The normalized spacial score (nSPS) is 14.0. The molecule has 0 heterocycles. The lowest BCUT2D eigenvalue weighted by atomic mass is 10.0. The number of phenolic OH excluding ortho intramolecular Hbond substituents is 1. The predicted octanol–water partition coefficient (Wildman–Crippen LogP) is -1.17. The van der Waals surface area contributed by atoms with Crippen LogP contribution in [0.25, 0.3) is 0 Å². The summed E-state index contributed by atoms with van der Waals surface area (Å²) in [5, 5.41) is 26.3. The first-order chi connectivity index (χ1) is 17.8. The van der Waals surface area contributed by atoms with Crippen LogP contribution in [0.1, 0.15) is 38.7 Å². The lowest BCUT2D eigenvalue weighted by molar-refractivity contribution is -0.141. The number of thiol groups is 1. The fourth-order valence-corrected chi connectivity index (χ4v) is 3.71. The molecule has 0 aliphatic rings. The molecule has 11 N–H and O–H groups in total. The highest BCUT2D eigenvalue weighted by atomic mass is 32.1. The number of benzene rings is 1. The number of nitrogens with zero attached hydrogens (tertiary/aromatic N) is 1. The first-order valence-corrected chi connectivity index (χ1v) is 12.8. The molecule has 13 nitrogen and oxygen atoms in total. The zero-order valence-electron chi connectivity index (χ0n) is 21.6. The van der Waals surface area contributed by atoms with Gasteiger partial charge in [-0.05, 0) is 49.3 Å². The molecule has 0 aliphatic heterocycles. The van der Waals surface area contributed by atoms with Gasteiger partial charge in [0.05, 0.1) is 6.04 Å². The lowest BCUT2D eigenvalue weighted by Gasteiger charge is -2.26. The highest BCUT2D eigenvalue weighted by molar-refractivity contribution is 7.80. The van der Waals surface area contributed by atoms with Gasteiger partial charge in [-0.15, -0.1) is 0 Å². The van der Waals surface area contributed by atoms with E-state index in [1.54, 1.807) is 12.1 Å². The molecule has 0 aliphatic carbocycles. The summed E-state index contributed by atoms with van der Waals surface area (Å²) in [7, 11) is 0. The molecule has 0 aromatic heterocycles. The molecule has 0 spiro atoms. The molecule has 4 atom stereocenters. The number of aliphatic imine (C=N–C) groups is 1. The van der Waals surface area contributed by atoms with E-state index >= 15 is 0 Å². The minimum absolute atomic E-state index is 0.0148. The van der Waals surface area contributed by atoms with Crippen molar-refractivity contribution in [1.82, 2.24) is 16.0 Å². The molecular formula is C24H39N7O6S. The topological polar surface area (TPSA) is 235 Å². The molecule has 1 aromatic carbocycles. The molecule has 1 aromatic rings. The van der Waals surface area contributed by atoms with Crippen LogP contribution in [0.15, 0.2) is 29.3 Å². The number of nitrogens with one attached hydrogen (secondary N) is 3. The fraction of sp³-hybridized carbons (Fsp3) is 0.542. The summed E-state index contributed by atoms with van der Waals surface area (Å²) in [6, 6.07) is 1.88. The highest BCUT2D eigenvalue weighted by Gasteiger charge is 2.30. The summed E-state index contributed by atoms with van der Waals surface area (Å²) in [5.41, 5.74) is 17.5. The zero-order chi connectivity index (χ0) is 28.8. The zero-order valence-corrected chi connectivity index (χ0v) is 22.5. The van der Waals surface area contributed by atoms with Crippen molar-refractivity contribution in [2.45, 2.75) is 63.7 Å². The monoisotopic (exact) mass is 553 g/mol. The average molecular weight is 554 g/mol. The Labute approximate surface area is 227 Å². The Balaban J connectivity index is 3.01. The fourth-order valence-electron chi connectivity index (χ4n) is 3.46. The molecule has 0 saturated carbocycles. The number of phenols is 1. The van der Waals surface area contributed by atoms with Gasteiger partial charge in [-0.3, -0.25) is 19.4 Å². The molecule has 0 bridgehead atoms. The van der Waals surface area contributed by atoms with Crippen molar-refractivity contribution in [1.29, 1.82) is 0 Å². The van der Waals surface area contributed by atoms with Gasteiger partial charge in [0.1, 0.15) is 23.9 Å². The Hall–Kier alpha value is -3.52. The Morgan fingerprint density at radius 2 is 1.50 bits per heavy atom. The molecule has 1 rings (SSSR count). The number of hydrogen-bond donors (Lipinski definition) is 9. The molecule has 3 amide bonds. The maximum Gasteiger partial charge on any atom is 0.327 e. The number of carboxylic acid groups (broad SMARTS) is 1. The average Bonchev–Trinajstić information content (AvgIpc) is 2.84. The van der Waals surface area contributed by atoms with Gasteiger partial charge in [0.25, 0.3) is 0 Å². The van der Waals surface area contributed by atoms with Crippen LogP contribution in [0.2, 0.25) is 0 Å². The van der Waals surface area contributed by atoms with Gasteiger partial charge in [0.2, 0.25) is 17.7 Å². The summed E-state index contributed by atoms with van der Waals surface area (Å²) < 4.78 is 0. The van der Waals surface area contributed by atoms with Gasteiger partial charge in [-0.1, -0.05) is 26.0 Å². The largest absolute Gasteiger partial charge is 0.508 e. The van der Waals surface area contributed by atoms with E-state index in [1.165, 1.54) is 12.1 Å². The Kier molecular flexibility index (Phi) is 14.0. The second-order valence-electron chi connectivity index (χ2n) is 9.26. The summed E-state index contributed by atoms with van der Waals surface area (Å²) in [5.74, 6) is -3.35. The van der Waals surface area contributed by atoms with Crippen LogP contribution in [-0.4, -0.2) is 76.3 Å². The van der Waals surface area contributed by atoms with Crippen molar-refractivity contribution in [2.75, 3.05) is 12.3 Å². The molecule has 212 valence electrons. The summed E-state index contributed by atoms with van der Waals surface area (Å²) in [4.78, 5) is 54.1. The molecule has 14 heteroatoms. The van der Waals surface area contributed by atoms with Crippen LogP contribution in [0.5, 0.6) is 5.75 Å². The number of amides is 3. The van der Waals surface area contributed by atoms with E-state index in [0.29, 0.717) is 12.0 Å². The van der Waals surface area contributed by atoms with Crippen molar-refractivity contribution in [3.8, 4) is 5.75 Å². The van der Waals surface area contributed by atoms with Crippen molar-refractivity contribution in [3.05, 3.63) is 29.8 Å². The summed E-state index contributed by atoms with van der Waals surface area (Å²) >= 11 is 3.95. The second-order valence-corrected chi connectivity index (χ2v) is 9.62. The standard InChI is InChI=1S/C24H39N7O6S/c1-13(2)10-18(22(35)31-19(12-38)23(36)37)30-21(34)17(4-3-9-28-24(26)27)29-20(33)16(25)11-14-5-7-15(32)8-6-14/h5-8,13,16-19,32,38H,3-4,9-12,25H2,1-2H3,(H,29,33)(H,30,34)(H,31,35)(H,36,37)(H4,26,27,28). The van der Waals surface area contributed by atoms with Crippen molar-refractivity contribution >= 4 is 42.3 Å². The lowest BCUT2D eigenvalue weighted by Crippen LogP contribution is -2.57. The van der Waals surface area contributed by atoms with E-state index < -0.39 is 47.9 Å². The van der Waals surface area contributed by atoms with Gasteiger partial charge in [-0.25, -0.2) is 4.79 Å². The smallest absolute Gasteiger partial charge is 0.327 e. The van der Waals surface area contributed by atoms with Crippen molar-refractivity contribution < 1.29 is 29.4 Å². The SMILES string of the molecule is CC(C)CC(NC(=O)C(CCCN=C(N)N)NC(=O)C(N)Cc1ccc(O)cc1)C(=O)NC(CS)C(=O)O. The van der Waals surface area contributed by atoms with Crippen LogP contribution in [0.3, 0.4) is 0 Å². The van der Waals surface area contributed by atoms with Gasteiger partial charge < -0.3 is 43.4 Å². The third-order valence-corrected chi connectivity index (χ3v) is 5.81. The van der Waals surface area contributed by atoms with E-state index in [0.717, 1.165) is 0 Å². The number of carbonyl (C=O) groups excluding carboxylic acids is 3. The predicted molar refractivity (Wildman–Crippen MR) is 146 cm³/mol. The van der Waals surface area contributed by atoms with Gasteiger partial charge >= 0.3 is 5.97 Å². The third kappa shape index (κ3) is 12.1. The molecule has 0 fully saturated rings. The quantitative estimate of drug-likeness (QED) is 0.0518. The maximum atomic E-state index is 13.2. The first kappa shape index (κ1) is 32.5. The number of aromatic hydroxyl groups is 1. The second kappa shape index (κ2) is 16.3. The maximum absolute atomic E-state index is 13.2. The number of carbonyl (C=O) groups is 4. The van der Waals surface area contributed by atoms with E-state index in [4.69, 9.17) is 17.2 Å². The Morgan fingerprint density at radius 1 is 0.947 bits per heavy atom. The minimum atomic E-state index is -1.25. The molecule has 38 heavy (non-hydrogen) atoms. The van der Waals surface area contributed by atoms with Crippen LogP contribution < -0.4 is 33.2 Å². The highest BCUT2D eigenvalue weighted by Crippen LogP contribution is 2.12. The number of guanidine groups is 1. The van der Waals surface area contributed by atoms with E-state index in [-0.39, 0.29) is 49.2 Å². The van der Waals surface area contributed by atoms with Crippen molar-refractivity contribution in [3.63, 3.8) is 0 Å². The van der Waals surface area contributed by atoms with Crippen LogP contribution in [-0.2, 0) is 25.6 Å². The Morgan fingerprint density at radius 3 is 2.03 bits per heavy atom.